The average Bonchev–Trinajstić information content (AvgIpc) is 3.72. The van der Waals surface area contributed by atoms with Gasteiger partial charge in [-0.15, -0.1) is 0 Å². The Morgan fingerprint density at radius 3 is 2.66 bits per heavy atom. The summed E-state index contributed by atoms with van der Waals surface area (Å²) in [6.07, 6.45) is 3.24. The molecular formula is C30H40ClN7O5Si. The third-order valence-electron chi connectivity index (χ3n) is 9.07. The van der Waals surface area contributed by atoms with Gasteiger partial charge in [0.15, 0.2) is 5.65 Å². The van der Waals surface area contributed by atoms with E-state index in [9.17, 15) is 19.8 Å². The molecule has 1 aromatic carbocycles. The minimum absolute atomic E-state index is 0.0774. The van der Waals surface area contributed by atoms with Crippen LogP contribution in [-0.2, 0) is 31.7 Å². The largest absolute Gasteiger partial charge is 0.465 e. The lowest BCUT2D eigenvalue weighted by atomic mass is 9.96. The summed E-state index contributed by atoms with van der Waals surface area (Å²) in [5.41, 5.74) is 2.83. The predicted molar refractivity (Wildman–Crippen MR) is 173 cm³/mol. The minimum Gasteiger partial charge on any atom is -0.465 e. The Bertz CT molecular complexity index is 1810. The van der Waals surface area contributed by atoms with Gasteiger partial charge in [-0.05, 0) is 38.3 Å². The molecular weight excluding hydrogens is 602 g/mol. The zero-order valence-electron chi connectivity index (χ0n) is 25.8. The Morgan fingerprint density at radius 1 is 1.20 bits per heavy atom. The number of anilines is 1. The molecule has 0 saturated carbocycles. The molecule has 2 fully saturated rings. The number of carbonyl (C=O) groups is 1. The van der Waals surface area contributed by atoms with Gasteiger partial charge in [0.2, 0.25) is 5.95 Å². The molecule has 1 amide bonds. The van der Waals surface area contributed by atoms with Crippen LogP contribution in [-0.4, -0.2) is 73.0 Å². The monoisotopic (exact) mass is 641 g/mol. The first kappa shape index (κ1) is 30.6. The molecule has 12 nitrogen and oxygen atoms in total. The number of aliphatic hydroxyl groups is 1. The van der Waals surface area contributed by atoms with Gasteiger partial charge in [0.1, 0.15) is 6.73 Å². The smallest absolute Gasteiger partial charge is 0.404 e. The van der Waals surface area contributed by atoms with E-state index in [0.29, 0.717) is 69.3 Å². The SMILES string of the molecule is CCn1nc2ccc(-c3cn(COCC[Si](C)(C)C)c4nc(N5[C@H]6CC[C@@H]5[C@H](NC(=O)O)C6)n(C)c(=O)c34)c(Cl)c2c1CO. The number of nitrogens with zero attached hydrogens (tertiary/aromatic N) is 6. The molecule has 0 unspecified atom stereocenters. The highest BCUT2D eigenvalue weighted by Gasteiger charge is 2.48. The zero-order chi connectivity index (χ0) is 31.5. The third-order valence-corrected chi connectivity index (χ3v) is 11.2. The number of aryl methyl sites for hydroxylation is 1. The van der Waals surface area contributed by atoms with E-state index in [-0.39, 0.29) is 37.0 Å². The first-order valence-corrected chi connectivity index (χ1v) is 19.3. The first-order chi connectivity index (χ1) is 20.9. The molecule has 5 heterocycles. The summed E-state index contributed by atoms with van der Waals surface area (Å²) >= 11 is 7.06. The first-order valence-electron chi connectivity index (χ1n) is 15.2. The van der Waals surface area contributed by atoms with Crippen LogP contribution in [0.3, 0.4) is 0 Å². The molecule has 2 saturated heterocycles. The molecule has 3 atom stereocenters. The number of benzene rings is 1. The van der Waals surface area contributed by atoms with Gasteiger partial charge >= 0.3 is 6.09 Å². The van der Waals surface area contributed by atoms with Crippen LogP contribution in [0, 0.1) is 0 Å². The molecule has 3 aromatic heterocycles. The Labute approximate surface area is 261 Å². The van der Waals surface area contributed by atoms with Crippen molar-refractivity contribution in [3.63, 3.8) is 0 Å². The second-order valence-electron chi connectivity index (χ2n) is 13.1. The summed E-state index contributed by atoms with van der Waals surface area (Å²) in [5, 5.41) is 28.3. The standard InChI is InChI=1S/C30H40ClN7O5Si/c1-6-37-23(15-39)25-20(34-37)9-8-18(26(25)31)19-14-36(16-43-11-12-44(3,4)5)27-24(19)28(40)35(2)29(33-27)38-17-7-10-22(38)21(13-17)32-30(41)42/h8-9,14,17,21-22,32,39H,6-7,10-13,15-16H2,1-5H3,(H,41,42)/t17-,21+,22+/m0/s1. The molecule has 0 spiro atoms. The van der Waals surface area contributed by atoms with Crippen molar-refractivity contribution in [2.45, 2.75) is 89.9 Å². The van der Waals surface area contributed by atoms with E-state index < -0.39 is 14.2 Å². The Hall–Kier alpha value is -3.39. The van der Waals surface area contributed by atoms with E-state index in [0.717, 1.165) is 18.9 Å². The number of carboxylic acid groups (broad SMARTS) is 1. The van der Waals surface area contributed by atoms with E-state index in [1.54, 1.807) is 16.3 Å². The van der Waals surface area contributed by atoms with Crippen LogP contribution in [0.2, 0.25) is 30.7 Å². The average molecular weight is 642 g/mol. The number of amides is 1. The van der Waals surface area contributed by atoms with Crippen LogP contribution in [0.1, 0.15) is 31.9 Å². The summed E-state index contributed by atoms with van der Waals surface area (Å²) in [7, 11) is 0.402. The number of aromatic nitrogens is 5. The third kappa shape index (κ3) is 5.19. The topological polar surface area (TPSA) is 140 Å². The summed E-state index contributed by atoms with van der Waals surface area (Å²) in [6, 6.07) is 4.52. The van der Waals surface area contributed by atoms with Crippen molar-refractivity contribution in [3.05, 3.63) is 39.4 Å². The molecule has 3 N–H and O–H groups in total. The fourth-order valence-electron chi connectivity index (χ4n) is 6.87. The highest BCUT2D eigenvalue weighted by Crippen LogP contribution is 2.42. The summed E-state index contributed by atoms with van der Waals surface area (Å²) in [6.45, 7) is 10.0. The lowest BCUT2D eigenvalue weighted by Gasteiger charge is -2.26. The van der Waals surface area contributed by atoms with E-state index in [2.05, 4.69) is 35.0 Å². The van der Waals surface area contributed by atoms with Crippen molar-refractivity contribution in [2.24, 2.45) is 7.05 Å². The van der Waals surface area contributed by atoms with Gasteiger partial charge in [-0.1, -0.05) is 37.3 Å². The summed E-state index contributed by atoms with van der Waals surface area (Å²) in [4.78, 5) is 32.9. The Morgan fingerprint density at radius 2 is 1.98 bits per heavy atom. The predicted octanol–water partition coefficient (Wildman–Crippen LogP) is 4.61. The molecule has 0 radical (unpaired) electrons. The van der Waals surface area contributed by atoms with Crippen LogP contribution in [0.4, 0.5) is 10.7 Å². The quantitative estimate of drug-likeness (QED) is 0.169. The maximum absolute atomic E-state index is 14.3. The van der Waals surface area contributed by atoms with Gasteiger partial charge in [0.05, 0.1) is 40.3 Å². The second-order valence-corrected chi connectivity index (χ2v) is 19.1. The van der Waals surface area contributed by atoms with Crippen molar-refractivity contribution in [1.29, 1.82) is 0 Å². The van der Waals surface area contributed by atoms with Gasteiger partial charge in [-0.25, -0.2) is 4.79 Å². The molecule has 0 aliphatic carbocycles. The fraction of sp³-hybridized carbons (Fsp3) is 0.533. The molecule has 2 aliphatic heterocycles. The number of hydrogen-bond donors (Lipinski definition) is 3. The van der Waals surface area contributed by atoms with Crippen molar-refractivity contribution in [3.8, 4) is 11.1 Å². The number of halogens is 1. The molecule has 6 rings (SSSR count). The van der Waals surface area contributed by atoms with E-state index in [1.165, 1.54) is 0 Å². The van der Waals surface area contributed by atoms with Crippen molar-refractivity contribution >= 4 is 53.7 Å². The Kier molecular flexibility index (Phi) is 8.01. The van der Waals surface area contributed by atoms with Crippen molar-refractivity contribution in [2.75, 3.05) is 11.5 Å². The number of fused-ring (bicyclic) bond motifs is 4. The molecule has 2 aliphatic rings. The van der Waals surface area contributed by atoms with Gasteiger partial charge in [0.25, 0.3) is 5.56 Å². The second kappa shape index (κ2) is 11.5. The number of ether oxygens (including phenoxy) is 1. The minimum atomic E-state index is -1.31. The lowest BCUT2D eigenvalue weighted by molar-refractivity contribution is 0.0899. The van der Waals surface area contributed by atoms with Crippen molar-refractivity contribution in [1.82, 2.24) is 29.2 Å². The molecule has 44 heavy (non-hydrogen) atoms. The van der Waals surface area contributed by atoms with Crippen LogP contribution in [0.5, 0.6) is 0 Å². The van der Waals surface area contributed by atoms with Crippen LogP contribution in [0.25, 0.3) is 33.1 Å². The Balaban J connectivity index is 1.50. The maximum Gasteiger partial charge on any atom is 0.404 e. The van der Waals surface area contributed by atoms with Crippen LogP contribution < -0.4 is 15.8 Å². The highest BCUT2D eigenvalue weighted by atomic mass is 35.5. The number of hydrogen-bond acceptors (Lipinski definition) is 7. The normalized spacial score (nSPS) is 20.0. The van der Waals surface area contributed by atoms with Crippen LogP contribution >= 0.6 is 11.6 Å². The van der Waals surface area contributed by atoms with Gasteiger partial charge in [-0.3, -0.25) is 14.0 Å². The fourth-order valence-corrected chi connectivity index (χ4v) is 7.99. The number of aliphatic hydroxyl groups excluding tert-OH is 1. The zero-order valence-corrected chi connectivity index (χ0v) is 27.6. The highest BCUT2D eigenvalue weighted by molar-refractivity contribution is 6.76. The van der Waals surface area contributed by atoms with Gasteiger partial charge < -0.3 is 29.7 Å². The molecule has 4 aromatic rings. The lowest BCUT2D eigenvalue weighted by Crippen LogP contribution is -2.44. The van der Waals surface area contributed by atoms with E-state index in [4.69, 9.17) is 21.3 Å². The number of nitrogens with one attached hydrogen (secondary N) is 1. The van der Waals surface area contributed by atoms with Crippen molar-refractivity contribution < 1.29 is 19.7 Å². The van der Waals surface area contributed by atoms with E-state index in [1.807, 2.05) is 29.8 Å². The number of rotatable bonds is 10. The van der Waals surface area contributed by atoms with Gasteiger partial charge in [0, 0.05) is 57.0 Å². The summed E-state index contributed by atoms with van der Waals surface area (Å²) in [5.74, 6) is 0.519. The molecule has 236 valence electrons. The van der Waals surface area contributed by atoms with Crippen LogP contribution in [0.15, 0.2) is 23.1 Å². The van der Waals surface area contributed by atoms with Gasteiger partial charge in [-0.2, -0.15) is 10.1 Å². The van der Waals surface area contributed by atoms with E-state index >= 15 is 0 Å². The maximum atomic E-state index is 14.3. The molecule has 14 heteroatoms. The summed E-state index contributed by atoms with van der Waals surface area (Å²) < 4.78 is 11.3. The molecule has 2 bridgehead atoms.